The number of rotatable bonds is 6. The van der Waals surface area contributed by atoms with Crippen molar-refractivity contribution < 1.29 is 16.8 Å². The number of sulfonamides is 1. The predicted octanol–water partition coefficient (Wildman–Crippen LogP) is 1.17. The van der Waals surface area contributed by atoms with Gasteiger partial charge in [0.05, 0.1) is 17.3 Å². The third-order valence-electron chi connectivity index (χ3n) is 5.31. The summed E-state index contributed by atoms with van der Waals surface area (Å²) in [5.74, 6) is 2.06. The molecule has 2 aliphatic carbocycles. The van der Waals surface area contributed by atoms with Gasteiger partial charge in [0.25, 0.3) is 0 Å². The maximum atomic E-state index is 12.1. The van der Waals surface area contributed by atoms with Crippen molar-refractivity contribution in [2.24, 2.45) is 23.7 Å². The summed E-state index contributed by atoms with van der Waals surface area (Å²) in [4.78, 5) is 0. The molecule has 5 nitrogen and oxygen atoms in total. The third kappa shape index (κ3) is 4.20. The maximum Gasteiger partial charge on any atom is 0.211 e. The molecule has 0 bridgehead atoms. The lowest BCUT2D eigenvalue weighted by atomic mass is 9.81. The van der Waals surface area contributed by atoms with Gasteiger partial charge in [0.2, 0.25) is 10.0 Å². The highest BCUT2D eigenvalue weighted by molar-refractivity contribution is 7.91. The van der Waals surface area contributed by atoms with Gasteiger partial charge in [-0.3, -0.25) is 0 Å². The second kappa shape index (κ2) is 5.81. The summed E-state index contributed by atoms with van der Waals surface area (Å²) in [6.07, 6.45) is 6.41. The van der Waals surface area contributed by atoms with Gasteiger partial charge in [-0.2, -0.15) is 0 Å². The molecule has 1 heterocycles. The van der Waals surface area contributed by atoms with E-state index in [9.17, 15) is 16.8 Å². The normalized spacial score (nSPS) is 36.1. The van der Waals surface area contributed by atoms with E-state index in [4.69, 9.17) is 0 Å². The molecule has 1 aliphatic heterocycles. The van der Waals surface area contributed by atoms with Crippen LogP contribution in [0.2, 0.25) is 0 Å². The molecule has 0 aromatic rings. The topological polar surface area (TPSA) is 80.3 Å². The molecule has 3 rings (SSSR count). The first-order valence-corrected chi connectivity index (χ1v) is 11.5. The van der Waals surface area contributed by atoms with Crippen LogP contribution >= 0.6 is 0 Å². The Hall–Kier alpha value is -0.140. The largest absolute Gasteiger partial charge is 0.229 e. The van der Waals surface area contributed by atoms with E-state index in [1.54, 1.807) is 0 Å². The SMILES string of the molecule is O=S1(=O)CCCC(CS(=O)(=O)NC[C@@H]2C[C@H]2C2CCC2)C1. The van der Waals surface area contributed by atoms with Gasteiger partial charge < -0.3 is 0 Å². The van der Waals surface area contributed by atoms with Gasteiger partial charge in [-0.1, -0.05) is 19.3 Å². The molecule has 0 spiro atoms. The van der Waals surface area contributed by atoms with Crippen LogP contribution in [0.1, 0.15) is 38.5 Å². The van der Waals surface area contributed by atoms with E-state index in [-0.39, 0.29) is 23.2 Å². The zero-order chi connectivity index (χ0) is 15.1. The highest BCUT2D eigenvalue weighted by atomic mass is 32.2. The second-order valence-corrected chi connectivity index (χ2v) is 11.2. The molecule has 7 heteroatoms. The molecule has 0 amide bonds. The Labute approximate surface area is 127 Å². The minimum Gasteiger partial charge on any atom is -0.229 e. The van der Waals surface area contributed by atoms with Crippen molar-refractivity contribution in [3.63, 3.8) is 0 Å². The van der Waals surface area contributed by atoms with Crippen LogP contribution in [-0.2, 0) is 19.9 Å². The average Bonchev–Trinajstić information content (AvgIpc) is 3.01. The molecule has 0 aromatic carbocycles. The molecular formula is C14H25NO4S2. The Bertz CT molecular complexity index is 580. The molecule has 1 N–H and O–H groups in total. The van der Waals surface area contributed by atoms with Crippen LogP contribution in [0, 0.1) is 23.7 Å². The summed E-state index contributed by atoms with van der Waals surface area (Å²) in [7, 11) is -6.37. The third-order valence-corrected chi connectivity index (χ3v) is 8.72. The van der Waals surface area contributed by atoms with Crippen LogP contribution in [0.3, 0.4) is 0 Å². The highest BCUT2D eigenvalue weighted by Crippen LogP contribution is 2.51. The lowest BCUT2D eigenvalue weighted by Gasteiger charge is -2.25. The van der Waals surface area contributed by atoms with E-state index in [1.807, 2.05) is 0 Å². The Morgan fingerprint density at radius 3 is 2.48 bits per heavy atom. The fraction of sp³-hybridized carbons (Fsp3) is 1.00. The van der Waals surface area contributed by atoms with Gasteiger partial charge in [0.1, 0.15) is 0 Å². The average molecular weight is 335 g/mol. The summed E-state index contributed by atoms with van der Waals surface area (Å²) >= 11 is 0. The molecule has 122 valence electrons. The van der Waals surface area contributed by atoms with Gasteiger partial charge >= 0.3 is 0 Å². The van der Waals surface area contributed by atoms with Crippen LogP contribution in [0.5, 0.6) is 0 Å². The van der Waals surface area contributed by atoms with Gasteiger partial charge in [-0.15, -0.1) is 0 Å². The fourth-order valence-corrected chi connectivity index (χ4v) is 7.22. The summed E-state index contributed by atoms with van der Waals surface area (Å²) in [6.45, 7) is 0.545. The summed E-state index contributed by atoms with van der Waals surface area (Å²) < 4.78 is 50.0. The molecule has 1 unspecified atom stereocenters. The number of hydrogen-bond acceptors (Lipinski definition) is 4. The Morgan fingerprint density at radius 1 is 1.10 bits per heavy atom. The zero-order valence-corrected chi connectivity index (χ0v) is 14.0. The maximum absolute atomic E-state index is 12.1. The first kappa shape index (κ1) is 15.7. The van der Waals surface area contributed by atoms with Gasteiger partial charge in [-0.25, -0.2) is 21.6 Å². The summed E-state index contributed by atoms with van der Waals surface area (Å²) in [5, 5.41) is 0. The van der Waals surface area contributed by atoms with Crippen molar-refractivity contribution >= 4 is 19.9 Å². The summed E-state index contributed by atoms with van der Waals surface area (Å²) in [6, 6.07) is 0. The number of sulfone groups is 1. The van der Waals surface area contributed by atoms with Crippen LogP contribution in [0.4, 0.5) is 0 Å². The van der Waals surface area contributed by atoms with E-state index >= 15 is 0 Å². The van der Waals surface area contributed by atoms with Crippen LogP contribution in [0.15, 0.2) is 0 Å². The Balaban J connectivity index is 1.44. The first-order chi connectivity index (χ1) is 9.85. The second-order valence-electron chi connectivity index (χ2n) is 7.10. The fourth-order valence-electron chi connectivity index (χ4n) is 3.80. The Morgan fingerprint density at radius 2 is 1.86 bits per heavy atom. The van der Waals surface area contributed by atoms with Crippen molar-refractivity contribution in [1.29, 1.82) is 0 Å². The lowest BCUT2D eigenvalue weighted by Crippen LogP contribution is -2.36. The van der Waals surface area contributed by atoms with Crippen LogP contribution in [0.25, 0.3) is 0 Å². The van der Waals surface area contributed by atoms with Crippen LogP contribution < -0.4 is 4.72 Å². The predicted molar refractivity (Wildman–Crippen MR) is 82.1 cm³/mol. The summed E-state index contributed by atoms with van der Waals surface area (Å²) in [5.41, 5.74) is 0. The smallest absolute Gasteiger partial charge is 0.211 e. The molecule has 1 saturated heterocycles. The van der Waals surface area contributed by atoms with E-state index in [0.29, 0.717) is 25.3 Å². The van der Waals surface area contributed by atoms with E-state index in [1.165, 1.54) is 19.3 Å². The number of nitrogens with one attached hydrogen (secondary N) is 1. The van der Waals surface area contributed by atoms with Crippen LogP contribution in [-0.4, -0.2) is 40.6 Å². The molecule has 0 radical (unpaired) electrons. The van der Waals surface area contributed by atoms with Crippen molar-refractivity contribution in [3.8, 4) is 0 Å². The molecule has 3 aliphatic rings. The van der Waals surface area contributed by atoms with E-state index in [0.717, 1.165) is 18.3 Å². The van der Waals surface area contributed by atoms with E-state index in [2.05, 4.69) is 4.72 Å². The standard InChI is InChI=1S/C14H25NO4S2/c16-20(17)6-2-3-11(9-20)10-21(18,19)15-8-13-7-14(13)12-4-1-5-12/h11-15H,1-10H2/t11?,13-,14-/m0/s1. The molecule has 2 saturated carbocycles. The van der Waals surface area contributed by atoms with Crippen molar-refractivity contribution in [1.82, 2.24) is 4.72 Å². The molecular weight excluding hydrogens is 310 g/mol. The molecule has 0 aromatic heterocycles. The monoisotopic (exact) mass is 335 g/mol. The molecule has 3 atom stereocenters. The van der Waals surface area contributed by atoms with Crippen molar-refractivity contribution in [2.45, 2.75) is 38.5 Å². The first-order valence-electron chi connectivity index (χ1n) is 8.02. The Kier molecular flexibility index (Phi) is 4.36. The highest BCUT2D eigenvalue weighted by Gasteiger charge is 2.44. The minimum absolute atomic E-state index is 0.0298. The molecule has 21 heavy (non-hydrogen) atoms. The lowest BCUT2D eigenvalue weighted by molar-refractivity contribution is 0.265. The quantitative estimate of drug-likeness (QED) is 0.790. The van der Waals surface area contributed by atoms with Crippen molar-refractivity contribution in [2.75, 3.05) is 23.8 Å². The van der Waals surface area contributed by atoms with Gasteiger partial charge in [0.15, 0.2) is 9.84 Å². The zero-order valence-electron chi connectivity index (χ0n) is 12.3. The molecule has 3 fully saturated rings. The minimum atomic E-state index is -3.34. The van der Waals surface area contributed by atoms with Gasteiger partial charge in [-0.05, 0) is 42.9 Å². The van der Waals surface area contributed by atoms with Crippen molar-refractivity contribution in [3.05, 3.63) is 0 Å². The number of hydrogen-bond donors (Lipinski definition) is 1. The van der Waals surface area contributed by atoms with E-state index < -0.39 is 19.9 Å². The van der Waals surface area contributed by atoms with Gasteiger partial charge in [0, 0.05) is 6.54 Å².